The Morgan fingerprint density at radius 3 is 2.92 bits per heavy atom. The van der Waals surface area contributed by atoms with Crippen LogP contribution in [-0.4, -0.2) is 31.8 Å². The van der Waals surface area contributed by atoms with Crippen molar-refractivity contribution in [1.29, 1.82) is 0 Å². The first-order valence-electron chi connectivity index (χ1n) is 7.95. The number of benzene rings is 1. The maximum Gasteiger partial charge on any atom is 0.270 e. The molecule has 0 spiro atoms. The predicted octanol–water partition coefficient (Wildman–Crippen LogP) is 3.50. The van der Waals surface area contributed by atoms with Gasteiger partial charge < -0.3 is 4.74 Å². The van der Waals surface area contributed by atoms with E-state index in [-0.39, 0.29) is 5.95 Å². The van der Waals surface area contributed by atoms with Crippen molar-refractivity contribution in [2.75, 3.05) is 7.11 Å². The lowest BCUT2D eigenvalue weighted by Crippen LogP contribution is -1.98. The maximum absolute atomic E-state index is 5.27. The van der Waals surface area contributed by atoms with Crippen molar-refractivity contribution in [3.63, 3.8) is 0 Å². The first-order valence-corrected chi connectivity index (χ1v) is 7.95. The van der Waals surface area contributed by atoms with Crippen molar-refractivity contribution in [3.8, 4) is 11.4 Å². The minimum atomic E-state index is 0.283. The number of nitrogens with zero attached hydrogens (tertiary/aromatic N) is 7. The molecule has 3 heterocycles. The number of azo groups is 1. The summed E-state index contributed by atoms with van der Waals surface area (Å²) >= 11 is 0. The zero-order valence-corrected chi connectivity index (χ0v) is 14.0. The van der Waals surface area contributed by atoms with Crippen molar-refractivity contribution in [3.05, 3.63) is 66.7 Å². The normalized spacial score (nSPS) is 11.3. The van der Waals surface area contributed by atoms with Gasteiger partial charge in [0.1, 0.15) is 5.75 Å². The van der Waals surface area contributed by atoms with Gasteiger partial charge in [0, 0.05) is 24.7 Å². The molecule has 0 saturated heterocycles. The summed E-state index contributed by atoms with van der Waals surface area (Å²) in [5.74, 6) is 1.03. The first kappa shape index (κ1) is 15.8. The van der Waals surface area contributed by atoms with Crippen LogP contribution in [0.1, 0.15) is 5.56 Å². The third kappa shape index (κ3) is 3.25. The van der Waals surface area contributed by atoms with Gasteiger partial charge in [0.15, 0.2) is 5.65 Å². The quantitative estimate of drug-likeness (QED) is 0.516. The van der Waals surface area contributed by atoms with Crippen molar-refractivity contribution >= 4 is 17.0 Å². The fraction of sp³-hybridized carbons (Fsp3) is 0.111. The van der Waals surface area contributed by atoms with Crippen molar-refractivity contribution < 1.29 is 4.74 Å². The second kappa shape index (κ2) is 7.06. The Balaban J connectivity index is 1.64. The summed E-state index contributed by atoms with van der Waals surface area (Å²) < 4.78 is 6.99. The van der Waals surface area contributed by atoms with Crippen molar-refractivity contribution in [2.45, 2.75) is 6.54 Å². The monoisotopic (exact) mass is 345 g/mol. The van der Waals surface area contributed by atoms with Crippen LogP contribution in [-0.2, 0) is 6.54 Å². The molecule has 0 fully saturated rings. The van der Waals surface area contributed by atoms with Crippen LogP contribution in [0.25, 0.3) is 16.7 Å². The summed E-state index contributed by atoms with van der Waals surface area (Å²) in [4.78, 5) is 12.7. The Hall–Kier alpha value is -3.68. The molecule has 3 aromatic heterocycles. The molecule has 26 heavy (non-hydrogen) atoms. The lowest BCUT2D eigenvalue weighted by atomic mass is 10.3. The molecule has 4 aromatic rings. The summed E-state index contributed by atoms with van der Waals surface area (Å²) in [5, 5.41) is 13.5. The topological polar surface area (TPSA) is 90.4 Å². The van der Waals surface area contributed by atoms with E-state index in [9.17, 15) is 0 Å². The molecule has 128 valence electrons. The van der Waals surface area contributed by atoms with E-state index in [1.807, 2.05) is 36.4 Å². The van der Waals surface area contributed by atoms with Crippen LogP contribution >= 0.6 is 0 Å². The number of methoxy groups -OCH3 is 1. The molecule has 0 aliphatic heterocycles. The molecule has 0 atom stereocenters. The highest BCUT2D eigenvalue weighted by Gasteiger charge is 2.09. The number of aromatic nitrogens is 5. The van der Waals surface area contributed by atoms with E-state index >= 15 is 0 Å². The highest BCUT2D eigenvalue weighted by atomic mass is 16.5. The van der Waals surface area contributed by atoms with Crippen LogP contribution < -0.4 is 4.74 Å². The van der Waals surface area contributed by atoms with Gasteiger partial charge in [-0.15, -0.1) is 5.11 Å². The number of rotatable bonds is 5. The lowest BCUT2D eigenvalue weighted by molar-refractivity contribution is 0.414. The smallest absolute Gasteiger partial charge is 0.270 e. The van der Waals surface area contributed by atoms with Gasteiger partial charge in [0.2, 0.25) is 0 Å². The summed E-state index contributed by atoms with van der Waals surface area (Å²) in [5.41, 5.74) is 2.47. The van der Waals surface area contributed by atoms with Gasteiger partial charge in [-0.1, -0.05) is 12.1 Å². The molecule has 1 aromatic carbocycles. The third-order valence-corrected chi connectivity index (χ3v) is 3.73. The molecule has 0 aliphatic carbocycles. The fourth-order valence-corrected chi connectivity index (χ4v) is 2.46. The Bertz CT molecular complexity index is 1060. The molecular formula is C18H15N7O. The SMILES string of the molecule is COc1cccc(-n2ncc3cnc(N=NCc4cccnc4)nc32)c1. The molecule has 4 rings (SSSR count). The van der Waals surface area contributed by atoms with Gasteiger partial charge in [0.25, 0.3) is 5.95 Å². The summed E-state index contributed by atoms with van der Waals surface area (Å²) in [7, 11) is 1.63. The average molecular weight is 345 g/mol. The fourth-order valence-electron chi connectivity index (χ4n) is 2.46. The van der Waals surface area contributed by atoms with E-state index in [4.69, 9.17) is 4.74 Å². The van der Waals surface area contributed by atoms with Crippen molar-refractivity contribution in [1.82, 2.24) is 24.7 Å². The van der Waals surface area contributed by atoms with E-state index in [0.717, 1.165) is 22.4 Å². The highest BCUT2D eigenvalue weighted by Crippen LogP contribution is 2.21. The van der Waals surface area contributed by atoms with Crippen LogP contribution in [0.4, 0.5) is 5.95 Å². The molecule has 8 nitrogen and oxygen atoms in total. The molecule has 0 unspecified atom stereocenters. The Labute approximate surface area is 149 Å². The number of hydrogen-bond donors (Lipinski definition) is 0. The van der Waals surface area contributed by atoms with E-state index in [1.165, 1.54) is 0 Å². The van der Waals surface area contributed by atoms with Gasteiger partial charge >= 0.3 is 0 Å². The Morgan fingerprint density at radius 1 is 1.12 bits per heavy atom. The van der Waals surface area contributed by atoms with E-state index in [1.54, 1.807) is 36.6 Å². The van der Waals surface area contributed by atoms with Crippen LogP contribution in [0.5, 0.6) is 5.75 Å². The van der Waals surface area contributed by atoms with E-state index < -0.39 is 0 Å². The zero-order valence-electron chi connectivity index (χ0n) is 14.0. The second-order valence-corrected chi connectivity index (χ2v) is 5.47. The number of fused-ring (bicyclic) bond motifs is 1. The van der Waals surface area contributed by atoms with Gasteiger partial charge in [-0.2, -0.15) is 15.2 Å². The Kier molecular flexibility index (Phi) is 4.29. The molecule has 0 bridgehead atoms. The highest BCUT2D eigenvalue weighted by molar-refractivity contribution is 5.76. The molecule has 8 heteroatoms. The Morgan fingerprint density at radius 2 is 2.08 bits per heavy atom. The minimum Gasteiger partial charge on any atom is -0.497 e. The molecule has 0 N–H and O–H groups in total. The first-order chi connectivity index (χ1) is 12.8. The van der Waals surface area contributed by atoms with E-state index in [2.05, 4.69) is 30.3 Å². The van der Waals surface area contributed by atoms with Crippen LogP contribution in [0.15, 0.2) is 71.4 Å². The third-order valence-electron chi connectivity index (χ3n) is 3.73. The molecule has 0 radical (unpaired) electrons. The van der Waals surface area contributed by atoms with Crippen molar-refractivity contribution in [2.24, 2.45) is 10.2 Å². The van der Waals surface area contributed by atoms with E-state index in [0.29, 0.717) is 12.2 Å². The van der Waals surface area contributed by atoms with Gasteiger partial charge in [0.05, 0.1) is 30.9 Å². The molecule has 0 amide bonds. The predicted molar refractivity (Wildman–Crippen MR) is 95.7 cm³/mol. The maximum atomic E-state index is 5.27. The zero-order chi connectivity index (χ0) is 17.8. The second-order valence-electron chi connectivity index (χ2n) is 5.47. The molecule has 0 saturated carbocycles. The van der Waals surface area contributed by atoms with Gasteiger partial charge in [-0.05, 0) is 23.8 Å². The summed E-state index contributed by atoms with van der Waals surface area (Å²) in [6.07, 6.45) is 6.87. The molecular weight excluding hydrogens is 330 g/mol. The lowest BCUT2D eigenvalue weighted by Gasteiger charge is -2.05. The van der Waals surface area contributed by atoms with Crippen LogP contribution in [0.3, 0.4) is 0 Å². The number of pyridine rings is 1. The number of ether oxygens (including phenoxy) is 1. The summed E-state index contributed by atoms with van der Waals surface area (Å²) in [6.45, 7) is 0.421. The summed E-state index contributed by atoms with van der Waals surface area (Å²) in [6, 6.07) is 11.4. The molecule has 0 aliphatic rings. The standard InChI is InChI=1S/C18H15N7O/c1-26-16-6-2-5-15(8-16)25-17-14(12-22-25)11-20-18(23-17)24-21-10-13-4-3-7-19-9-13/h2-9,11-12H,10H2,1H3. The number of hydrogen-bond acceptors (Lipinski definition) is 7. The van der Waals surface area contributed by atoms with Gasteiger partial charge in [-0.25, -0.2) is 9.67 Å². The average Bonchev–Trinajstić information content (AvgIpc) is 3.12. The van der Waals surface area contributed by atoms with Gasteiger partial charge in [-0.3, -0.25) is 4.98 Å². The van der Waals surface area contributed by atoms with Crippen LogP contribution in [0.2, 0.25) is 0 Å². The van der Waals surface area contributed by atoms with Crippen LogP contribution in [0, 0.1) is 0 Å². The largest absolute Gasteiger partial charge is 0.497 e. The minimum absolute atomic E-state index is 0.283.